The molecule has 3 N–H and O–H groups in total. The predicted molar refractivity (Wildman–Crippen MR) is 68.9 cm³/mol. The third kappa shape index (κ3) is 2.65. The summed E-state index contributed by atoms with van der Waals surface area (Å²) in [6.07, 6.45) is -0.0707. The topological polar surface area (TPSA) is 102 Å². The SMILES string of the molecule is NNOC(=O)CCN1C(=O)C(=O)c2cc(Br)ccc21. The highest BCUT2D eigenvalue weighted by Crippen LogP contribution is 2.31. The zero-order chi connectivity index (χ0) is 14.0. The third-order valence-corrected chi connectivity index (χ3v) is 3.14. The first-order valence-corrected chi connectivity index (χ1v) is 6.15. The average molecular weight is 328 g/mol. The molecule has 8 heteroatoms. The normalized spacial score (nSPS) is 13.7. The summed E-state index contributed by atoms with van der Waals surface area (Å²) in [5.41, 5.74) is 2.58. The summed E-state index contributed by atoms with van der Waals surface area (Å²) in [6, 6.07) is 4.95. The van der Waals surface area contributed by atoms with E-state index in [-0.39, 0.29) is 13.0 Å². The number of rotatable bonds is 4. The summed E-state index contributed by atoms with van der Waals surface area (Å²) in [6.45, 7) is 0.0553. The summed E-state index contributed by atoms with van der Waals surface area (Å²) in [5.74, 6) is 2.97. The van der Waals surface area contributed by atoms with Gasteiger partial charge in [-0.2, -0.15) is 0 Å². The third-order valence-electron chi connectivity index (χ3n) is 2.65. The minimum Gasteiger partial charge on any atom is -0.356 e. The Balaban J connectivity index is 2.17. The highest BCUT2D eigenvalue weighted by molar-refractivity contribution is 9.10. The molecule has 1 aliphatic heterocycles. The number of Topliss-reactive ketones (excluding diaryl/α,β-unsaturated/α-hetero) is 1. The second kappa shape index (κ2) is 5.47. The van der Waals surface area contributed by atoms with Crippen LogP contribution in [0.4, 0.5) is 5.69 Å². The van der Waals surface area contributed by atoms with Gasteiger partial charge in [0.15, 0.2) is 0 Å². The Morgan fingerprint density at radius 1 is 1.42 bits per heavy atom. The molecule has 1 heterocycles. The lowest BCUT2D eigenvalue weighted by Gasteiger charge is -2.15. The molecule has 0 saturated carbocycles. The number of halogens is 1. The fourth-order valence-corrected chi connectivity index (χ4v) is 2.18. The number of hydrogen-bond acceptors (Lipinski definition) is 6. The van der Waals surface area contributed by atoms with E-state index in [2.05, 4.69) is 20.8 Å². The molecule has 1 aliphatic rings. The Morgan fingerprint density at radius 2 is 2.16 bits per heavy atom. The van der Waals surface area contributed by atoms with Crippen LogP contribution in [0, 0.1) is 0 Å². The molecule has 0 radical (unpaired) electrons. The van der Waals surface area contributed by atoms with E-state index in [4.69, 9.17) is 5.84 Å². The van der Waals surface area contributed by atoms with Gasteiger partial charge in [-0.25, -0.2) is 5.84 Å². The fraction of sp³-hybridized carbons (Fsp3) is 0.182. The Labute approximate surface area is 116 Å². The number of amides is 1. The molecule has 0 spiro atoms. The number of carbonyl (C=O) groups is 3. The van der Waals surface area contributed by atoms with Gasteiger partial charge in [0.1, 0.15) is 0 Å². The molecular formula is C11H10BrN3O4. The van der Waals surface area contributed by atoms with E-state index in [0.717, 1.165) is 0 Å². The fourth-order valence-electron chi connectivity index (χ4n) is 1.81. The molecule has 0 aliphatic carbocycles. The van der Waals surface area contributed by atoms with Gasteiger partial charge in [-0.15, -0.1) is 0 Å². The Kier molecular flexibility index (Phi) is 3.93. The predicted octanol–water partition coefficient (Wildman–Crippen LogP) is 0.290. The van der Waals surface area contributed by atoms with Gasteiger partial charge in [0.25, 0.3) is 11.7 Å². The van der Waals surface area contributed by atoms with Gasteiger partial charge in [-0.05, 0) is 18.2 Å². The lowest BCUT2D eigenvalue weighted by Crippen LogP contribution is -2.33. The molecule has 2 rings (SSSR count). The Morgan fingerprint density at radius 3 is 2.84 bits per heavy atom. The number of carbonyl (C=O) groups excluding carboxylic acids is 3. The highest BCUT2D eigenvalue weighted by atomic mass is 79.9. The number of nitrogens with zero attached hydrogens (tertiary/aromatic N) is 1. The van der Waals surface area contributed by atoms with Gasteiger partial charge in [-0.3, -0.25) is 14.4 Å². The molecule has 100 valence electrons. The van der Waals surface area contributed by atoms with Crippen molar-refractivity contribution in [1.82, 2.24) is 5.59 Å². The lowest BCUT2D eigenvalue weighted by molar-refractivity contribution is -0.150. The summed E-state index contributed by atoms with van der Waals surface area (Å²) < 4.78 is 0.709. The van der Waals surface area contributed by atoms with E-state index in [1.165, 1.54) is 4.90 Å². The molecule has 0 bridgehead atoms. The molecule has 0 saturated heterocycles. The van der Waals surface area contributed by atoms with Gasteiger partial charge in [0.05, 0.1) is 17.7 Å². The molecule has 1 amide bonds. The largest absolute Gasteiger partial charge is 0.356 e. The minimum absolute atomic E-state index is 0.0553. The maximum absolute atomic E-state index is 11.8. The number of hydrogen-bond donors (Lipinski definition) is 2. The van der Waals surface area contributed by atoms with E-state index in [0.29, 0.717) is 15.7 Å². The van der Waals surface area contributed by atoms with Crippen LogP contribution < -0.4 is 16.3 Å². The summed E-state index contributed by atoms with van der Waals surface area (Å²) in [7, 11) is 0. The van der Waals surface area contributed by atoms with Gasteiger partial charge >= 0.3 is 5.97 Å². The zero-order valence-corrected chi connectivity index (χ0v) is 11.3. The second-order valence-corrected chi connectivity index (χ2v) is 4.70. The Hall–Kier alpha value is -1.77. The second-order valence-electron chi connectivity index (χ2n) is 3.79. The Bertz CT molecular complexity index is 561. The zero-order valence-electron chi connectivity index (χ0n) is 9.68. The van der Waals surface area contributed by atoms with Gasteiger partial charge in [-0.1, -0.05) is 21.5 Å². The van der Waals surface area contributed by atoms with Crippen LogP contribution in [0.15, 0.2) is 22.7 Å². The van der Waals surface area contributed by atoms with Crippen molar-refractivity contribution in [2.45, 2.75) is 6.42 Å². The van der Waals surface area contributed by atoms with Crippen LogP contribution in [0.25, 0.3) is 0 Å². The number of anilines is 1. The van der Waals surface area contributed by atoms with Gasteiger partial charge in [0, 0.05) is 11.0 Å². The van der Waals surface area contributed by atoms with E-state index >= 15 is 0 Å². The van der Waals surface area contributed by atoms with Crippen LogP contribution in [-0.2, 0) is 14.4 Å². The van der Waals surface area contributed by atoms with Crippen LogP contribution in [0.1, 0.15) is 16.8 Å². The number of nitrogens with one attached hydrogen (secondary N) is 1. The van der Waals surface area contributed by atoms with Crippen LogP contribution in [0.3, 0.4) is 0 Å². The van der Waals surface area contributed by atoms with Crippen molar-refractivity contribution in [2.75, 3.05) is 11.4 Å². The summed E-state index contributed by atoms with van der Waals surface area (Å²) >= 11 is 3.24. The first-order valence-electron chi connectivity index (χ1n) is 5.35. The number of fused-ring (bicyclic) bond motifs is 1. The van der Waals surface area contributed by atoms with Crippen molar-refractivity contribution in [1.29, 1.82) is 0 Å². The van der Waals surface area contributed by atoms with Crippen LogP contribution >= 0.6 is 15.9 Å². The summed E-state index contributed by atoms with van der Waals surface area (Å²) in [5, 5.41) is 0. The monoisotopic (exact) mass is 327 g/mol. The molecule has 1 aromatic carbocycles. The highest BCUT2D eigenvalue weighted by Gasteiger charge is 2.35. The smallest absolute Gasteiger partial charge is 0.328 e. The van der Waals surface area contributed by atoms with E-state index < -0.39 is 17.7 Å². The minimum atomic E-state index is -0.651. The maximum Gasteiger partial charge on any atom is 0.328 e. The first-order chi connectivity index (χ1) is 9.04. The van der Waals surface area contributed by atoms with Crippen molar-refractivity contribution >= 4 is 39.3 Å². The molecule has 0 unspecified atom stereocenters. The van der Waals surface area contributed by atoms with Crippen LogP contribution in [0.5, 0.6) is 0 Å². The molecule has 19 heavy (non-hydrogen) atoms. The molecule has 0 atom stereocenters. The number of ketones is 1. The van der Waals surface area contributed by atoms with Crippen LogP contribution in [-0.4, -0.2) is 24.2 Å². The quantitative estimate of drug-likeness (QED) is 0.468. The van der Waals surface area contributed by atoms with Crippen molar-refractivity contribution in [2.24, 2.45) is 5.84 Å². The molecule has 1 aromatic rings. The molecular weight excluding hydrogens is 318 g/mol. The summed E-state index contributed by atoms with van der Waals surface area (Å²) in [4.78, 5) is 40.3. The average Bonchev–Trinajstić information content (AvgIpc) is 2.61. The van der Waals surface area contributed by atoms with E-state index in [1.807, 2.05) is 0 Å². The maximum atomic E-state index is 11.8. The first kappa shape index (κ1) is 13.7. The van der Waals surface area contributed by atoms with Crippen LogP contribution in [0.2, 0.25) is 0 Å². The van der Waals surface area contributed by atoms with Gasteiger partial charge < -0.3 is 9.74 Å². The number of hydrazine groups is 1. The number of nitrogens with two attached hydrogens (primary N) is 1. The standard InChI is InChI=1S/C11H10BrN3O4/c12-6-1-2-8-7(5-6)10(17)11(18)15(8)4-3-9(16)19-14-13/h1-2,5,14H,3-4,13H2. The van der Waals surface area contributed by atoms with E-state index in [9.17, 15) is 14.4 Å². The molecule has 0 aromatic heterocycles. The van der Waals surface area contributed by atoms with E-state index in [1.54, 1.807) is 23.8 Å². The number of benzene rings is 1. The molecule has 7 nitrogen and oxygen atoms in total. The van der Waals surface area contributed by atoms with Crippen molar-refractivity contribution in [3.63, 3.8) is 0 Å². The lowest BCUT2D eigenvalue weighted by atomic mass is 10.1. The van der Waals surface area contributed by atoms with Crippen molar-refractivity contribution < 1.29 is 19.2 Å². The molecule has 0 fully saturated rings. The van der Waals surface area contributed by atoms with Crippen molar-refractivity contribution in [3.8, 4) is 0 Å². The van der Waals surface area contributed by atoms with Gasteiger partial charge in [0.2, 0.25) is 0 Å². The van der Waals surface area contributed by atoms with Crippen molar-refractivity contribution in [3.05, 3.63) is 28.2 Å².